The lowest BCUT2D eigenvalue weighted by Gasteiger charge is -2.39. The largest absolute Gasteiger partial charge is 0.326 e. The van der Waals surface area contributed by atoms with E-state index in [2.05, 4.69) is 54.8 Å². The first-order chi connectivity index (χ1) is 11.4. The van der Waals surface area contributed by atoms with E-state index in [-0.39, 0.29) is 23.4 Å². The number of carbonyl (C=O) groups excluding carboxylic acids is 1. The van der Waals surface area contributed by atoms with Crippen LogP contribution in [-0.4, -0.2) is 11.4 Å². The fraction of sp³-hybridized carbons (Fsp3) is 0.381. The minimum Gasteiger partial charge on any atom is -0.326 e. The predicted molar refractivity (Wildman–Crippen MR) is 99.1 cm³/mol. The molecule has 0 saturated carbocycles. The molecule has 1 amide bonds. The van der Waals surface area contributed by atoms with Crippen LogP contribution in [0, 0.1) is 5.92 Å². The molecule has 126 valence electrons. The van der Waals surface area contributed by atoms with Gasteiger partial charge in [0, 0.05) is 17.1 Å². The predicted octanol–water partition coefficient (Wildman–Crippen LogP) is 4.29. The summed E-state index contributed by atoms with van der Waals surface area (Å²) in [6.45, 7) is 8.28. The molecule has 0 saturated heterocycles. The Kier molecular flexibility index (Phi) is 4.46. The van der Waals surface area contributed by atoms with Crippen LogP contribution in [-0.2, 0) is 11.2 Å². The second kappa shape index (κ2) is 6.40. The lowest BCUT2D eigenvalue weighted by molar-refractivity contribution is -0.118. The van der Waals surface area contributed by atoms with Crippen molar-refractivity contribution in [3.05, 3.63) is 65.2 Å². The van der Waals surface area contributed by atoms with Crippen molar-refractivity contribution in [3.63, 3.8) is 0 Å². The highest BCUT2D eigenvalue weighted by Gasteiger charge is 2.33. The third-order valence-electron chi connectivity index (χ3n) is 4.59. The van der Waals surface area contributed by atoms with E-state index in [1.807, 2.05) is 32.0 Å². The summed E-state index contributed by atoms with van der Waals surface area (Å²) in [5.41, 5.74) is 4.68. The van der Waals surface area contributed by atoms with Gasteiger partial charge in [0.25, 0.3) is 0 Å². The molecule has 1 aliphatic heterocycles. The van der Waals surface area contributed by atoms with Crippen LogP contribution in [0.1, 0.15) is 50.4 Å². The highest BCUT2D eigenvalue weighted by atomic mass is 16.1. The third kappa shape index (κ3) is 3.36. The number of benzene rings is 2. The molecule has 0 radical (unpaired) electrons. The quantitative estimate of drug-likeness (QED) is 0.885. The number of amides is 1. The zero-order chi connectivity index (χ0) is 17.3. The van der Waals surface area contributed by atoms with Crippen molar-refractivity contribution in [1.82, 2.24) is 5.32 Å². The first kappa shape index (κ1) is 16.7. The maximum absolute atomic E-state index is 12.2. The molecule has 1 heterocycles. The SMILES string of the molecule is CC(C)C(=O)Nc1ccccc1C1NC(C)(C)Cc2ccccc21. The molecular weight excluding hydrogens is 296 g/mol. The molecule has 24 heavy (non-hydrogen) atoms. The Balaban J connectivity index is 2.04. The van der Waals surface area contributed by atoms with Gasteiger partial charge in [-0.2, -0.15) is 0 Å². The van der Waals surface area contributed by atoms with Gasteiger partial charge in [0.15, 0.2) is 0 Å². The number of fused-ring (bicyclic) bond motifs is 1. The minimum atomic E-state index is -0.0406. The number of nitrogens with one attached hydrogen (secondary N) is 2. The fourth-order valence-electron chi connectivity index (χ4n) is 3.36. The molecule has 3 nitrogen and oxygen atoms in total. The van der Waals surface area contributed by atoms with Crippen LogP contribution in [0.2, 0.25) is 0 Å². The van der Waals surface area contributed by atoms with E-state index in [1.165, 1.54) is 11.1 Å². The van der Waals surface area contributed by atoms with Gasteiger partial charge in [-0.1, -0.05) is 56.3 Å². The summed E-state index contributed by atoms with van der Waals surface area (Å²) < 4.78 is 0. The topological polar surface area (TPSA) is 41.1 Å². The van der Waals surface area contributed by atoms with Crippen LogP contribution >= 0.6 is 0 Å². The lowest BCUT2D eigenvalue weighted by atomic mass is 9.81. The summed E-state index contributed by atoms with van der Waals surface area (Å²) in [5, 5.41) is 6.84. The maximum Gasteiger partial charge on any atom is 0.226 e. The van der Waals surface area contributed by atoms with Gasteiger partial charge in [0.05, 0.1) is 6.04 Å². The Bertz CT molecular complexity index is 749. The number of rotatable bonds is 3. The normalized spacial score (nSPS) is 19.0. The molecule has 3 rings (SSSR count). The molecule has 2 aromatic carbocycles. The van der Waals surface area contributed by atoms with Gasteiger partial charge in [-0.15, -0.1) is 0 Å². The highest BCUT2D eigenvalue weighted by Crippen LogP contribution is 2.37. The van der Waals surface area contributed by atoms with Gasteiger partial charge in [-0.25, -0.2) is 0 Å². The van der Waals surface area contributed by atoms with E-state index in [0.29, 0.717) is 0 Å². The standard InChI is InChI=1S/C21H26N2O/c1-14(2)20(24)22-18-12-8-7-11-17(18)19-16-10-6-5-9-15(16)13-21(3,4)23-19/h5-12,14,19,23H,13H2,1-4H3,(H,22,24). The van der Waals surface area contributed by atoms with E-state index >= 15 is 0 Å². The van der Waals surface area contributed by atoms with Crippen LogP contribution in [0.4, 0.5) is 5.69 Å². The van der Waals surface area contributed by atoms with Crippen molar-refractivity contribution in [1.29, 1.82) is 0 Å². The van der Waals surface area contributed by atoms with E-state index in [4.69, 9.17) is 0 Å². The fourth-order valence-corrected chi connectivity index (χ4v) is 3.36. The molecule has 1 aliphatic rings. The maximum atomic E-state index is 12.2. The Morgan fingerprint density at radius 2 is 1.71 bits per heavy atom. The Morgan fingerprint density at radius 1 is 1.08 bits per heavy atom. The molecule has 1 atom stereocenters. The third-order valence-corrected chi connectivity index (χ3v) is 4.59. The van der Waals surface area contributed by atoms with Crippen LogP contribution < -0.4 is 10.6 Å². The summed E-state index contributed by atoms with van der Waals surface area (Å²) in [6, 6.07) is 16.8. The lowest BCUT2D eigenvalue weighted by Crippen LogP contribution is -2.48. The van der Waals surface area contributed by atoms with Gasteiger partial charge in [0.2, 0.25) is 5.91 Å². The average molecular weight is 322 g/mol. The second-order valence-electron chi connectivity index (χ2n) is 7.57. The zero-order valence-corrected chi connectivity index (χ0v) is 14.9. The monoisotopic (exact) mass is 322 g/mol. The van der Waals surface area contributed by atoms with E-state index in [9.17, 15) is 4.79 Å². The minimum absolute atomic E-state index is 0.00812. The molecule has 2 aromatic rings. The van der Waals surface area contributed by atoms with Crippen molar-refractivity contribution in [3.8, 4) is 0 Å². The summed E-state index contributed by atoms with van der Waals surface area (Å²) in [7, 11) is 0. The highest BCUT2D eigenvalue weighted by molar-refractivity contribution is 5.93. The smallest absolute Gasteiger partial charge is 0.226 e. The van der Waals surface area contributed by atoms with Crippen LogP contribution in [0.25, 0.3) is 0 Å². The van der Waals surface area contributed by atoms with Crippen LogP contribution in [0.3, 0.4) is 0 Å². The Morgan fingerprint density at radius 3 is 2.42 bits per heavy atom. The number of hydrogen-bond donors (Lipinski definition) is 2. The molecule has 0 spiro atoms. The molecule has 0 aliphatic carbocycles. The van der Waals surface area contributed by atoms with Crippen molar-refractivity contribution >= 4 is 11.6 Å². The van der Waals surface area contributed by atoms with Gasteiger partial charge in [-0.3, -0.25) is 4.79 Å². The summed E-state index contributed by atoms with van der Waals surface area (Å²) in [5.74, 6) is 0.00639. The van der Waals surface area contributed by atoms with Crippen LogP contribution in [0.5, 0.6) is 0 Å². The van der Waals surface area contributed by atoms with Crippen LogP contribution in [0.15, 0.2) is 48.5 Å². The van der Waals surface area contributed by atoms with Gasteiger partial charge in [0.1, 0.15) is 0 Å². The van der Waals surface area contributed by atoms with Crippen molar-refractivity contribution < 1.29 is 4.79 Å². The first-order valence-corrected chi connectivity index (χ1v) is 8.63. The van der Waals surface area contributed by atoms with Crippen molar-refractivity contribution in [2.24, 2.45) is 5.92 Å². The summed E-state index contributed by atoms with van der Waals surface area (Å²) in [4.78, 5) is 12.2. The molecule has 0 fully saturated rings. The Hall–Kier alpha value is -2.13. The number of carbonyl (C=O) groups is 1. The Labute approximate surface area is 144 Å². The number of para-hydroxylation sites is 1. The molecule has 3 heteroatoms. The number of hydrogen-bond acceptors (Lipinski definition) is 2. The molecule has 0 aromatic heterocycles. The summed E-state index contributed by atoms with van der Waals surface area (Å²) >= 11 is 0. The second-order valence-corrected chi connectivity index (χ2v) is 7.57. The van der Waals surface area contributed by atoms with E-state index < -0.39 is 0 Å². The molecular formula is C21H26N2O. The molecule has 1 unspecified atom stereocenters. The number of anilines is 1. The summed E-state index contributed by atoms with van der Waals surface area (Å²) in [6.07, 6.45) is 1.00. The van der Waals surface area contributed by atoms with Gasteiger partial charge in [-0.05, 0) is 43.0 Å². The first-order valence-electron chi connectivity index (χ1n) is 8.63. The molecule has 2 N–H and O–H groups in total. The molecule has 0 bridgehead atoms. The van der Waals surface area contributed by atoms with E-state index in [0.717, 1.165) is 17.7 Å². The zero-order valence-electron chi connectivity index (χ0n) is 14.9. The van der Waals surface area contributed by atoms with Gasteiger partial charge >= 0.3 is 0 Å². The average Bonchev–Trinajstić information content (AvgIpc) is 2.53. The van der Waals surface area contributed by atoms with Crippen molar-refractivity contribution in [2.45, 2.75) is 45.7 Å². The van der Waals surface area contributed by atoms with Crippen molar-refractivity contribution in [2.75, 3.05) is 5.32 Å². The van der Waals surface area contributed by atoms with Gasteiger partial charge < -0.3 is 10.6 Å². The van der Waals surface area contributed by atoms with E-state index in [1.54, 1.807) is 0 Å².